The third kappa shape index (κ3) is 7.42. The minimum atomic E-state index is -1.21. The lowest BCUT2D eigenvalue weighted by molar-refractivity contribution is -0.254. The highest BCUT2D eigenvalue weighted by Gasteiger charge is 2.53. The van der Waals surface area contributed by atoms with Gasteiger partial charge in [-0.25, -0.2) is 9.59 Å². The van der Waals surface area contributed by atoms with Crippen LogP contribution in [-0.2, 0) is 38.0 Å². The molecule has 5 heterocycles. The van der Waals surface area contributed by atoms with E-state index in [1.807, 2.05) is 44.2 Å². The minimum absolute atomic E-state index is 0.0391. The van der Waals surface area contributed by atoms with Gasteiger partial charge in [-0.1, -0.05) is 48.5 Å². The maximum Gasteiger partial charge on any atom is 0.348 e. The number of carbonyl (C=O) groups excluding carboxylic acids is 1. The normalized spacial score (nSPS) is 28.9. The van der Waals surface area contributed by atoms with Crippen LogP contribution in [0.5, 0.6) is 11.5 Å². The third-order valence-electron chi connectivity index (χ3n) is 12.1. The van der Waals surface area contributed by atoms with Gasteiger partial charge in [0.25, 0.3) is 0 Å². The van der Waals surface area contributed by atoms with Crippen molar-refractivity contribution in [2.24, 2.45) is 0 Å². The Bertz CT molecular complexity index is 2690. The Morgan fingerprint density at radius 2 is 1.50 bits per heavy atom. The second-order valence-electron chi connectivity index (χ2n) is 15.9. The predicted molar refractivity (Wildman–Crippen MR) is 222 cm³/mol. The fourth-order valence-electron chi connectivity index (χ4n) is 9.02. The van der Waals surface area contributed by atoms with Crippen LogP contribution in [0.3, 0.4) is 0 Å². The number of esters is 1. The van der Waals surface area contributed by atoms with Gasteiger partial charge in [-0.2, -0.15) is 0 Å². The number of aryl methyl sites for hydroxylation is 1. The van der Waals surface area contributed by atoms with Crippen molar-refractivity contribution in [1.29, 1.82) is 0 Å². The lowest BCUT2D eigenvalue weighted by Gasteiger charge is -2.44. The number of aliphatic hydroxyl groups is 2. The number of aliphatic hydroxyl groups excluding tert-OH is 2. The van der Waals surface area contributed by atoms with E-state index in [0.717, 1.165) is 5.56 Å². The van der Waals surface area contributed by atoms with E-state index in [1.165, 1.54) is 7.11 Å². The predicted octanol–water partition coefficient (Wildman–Crippen LogP) is 4.84. The number of fused-ring (bicyclic) bond motifs is 3. The zero-order chi connectivity index (χ0) is 43.4. The Kier molecular flexibility index (Phi) is 11.8. The van der Waals surface area contributed by atoms with Gasteiger partial charge in [-0.05, 0) is 45.4 Å². The molecule has 11 atom stereocenters. The minimum Gasteiger partial charge on any atom is -0.490 e. The van der Waals surface area contributed by atoms with Gasteiger partial charge in [0.05, 0.1) is 42.6 Å². The highest BCUT2D eigenvalue weighted by Crippen LogP contribution is 2.46. The standard InChI is InChI=1S/C46H48O16/c1-6-53-18-17-30(47)59-39-25-13-10-14-26(32(25)41-34-33-27(58-45(51)35(34)39)16-15-21(2)31(33)44(50)60-41)54-20-29-40(55-19-28-37(49)42(52-5)36(48)22(3)56-28)43-38(23(4)57-29)61-46(62-43)24-11-8-7-9-12-24/h7-16,22-23,28-29,36-38,40,42-43,46,48-49H,6,17-20H2,1-5H3/t22-,23-,28-,29+,36+,37+,38?,40+,42+,43?,46?/m1/s1. The van der Waals surface area contributed by atoms with E-state index in [1.54, 1.807) is 44.2 Å². The van der Waals surface area contributed by atoms with Crippen molar-refractivity contribution in [3.05, 3.63) is 92.6 Å². The van der Waals surface area contributed by atoms with Crippen LogP contribution < -0.4 is 20.7 Å². The zero-order valence-corrected chi connectivity index (χ0v) is 34.8. The molecule has 16 heteroatoms. The molecular formula is C46H48O16. The van der Waals surface area contributed by atoms with Crippen LogP contribution in [0.4, 0.5) is 0 Å². The molecular weight excluding hydrogens is 808 g/mol. The number of carbonyl (C=O) groups is 1. The van der Waals surface area contributed by atoms with Gasteiger partial charge in [0.2, 0.25) is 0 Å². The Hall–Kier alpha value is -5.01. The van der Waals surface area contributed by atoms with Crippen LogP contribution in [0.1, 0.15) is 44.6 Å². The number of methoxy groups -OCH3 is 1. The summed E-state index contributed by atoms with van der Waals surface area (Å²) in [6.45, 7) is 7.34. The maximum absolute atomic E-state index is 13.9. The van der Waals surface area contributed by atoms with Crippen molar-refractivity contribution >= 4 is 49.5 Å². The third-order valence-corrected chi connectivity index (χ3v) is 12.1. The first-order valence-electron chi connectivity index (χ1n) is 20.8. The SMILES string of the molecule is CCOCCC(=O)Oc1c2cccc(OC[C@@H]3O[C@H](C)C4OC(c5ccccc5)OC4[C@H]3OC[C@H]3O[C@H](C)[C@H](O)[C@H](OC)[C@H]3O)c2c2oc(=O)c3c(C)ccc4oc(=O)c1c2c43. The lowest BCUT2D eigenvalue weighted by atomic mass is 9.94. The lowest BCUT2D eigenvalue weighted by Crippen LogP contribution is -2.61. The molecule has 3 fully saturated rings. The molecule has 3 aliphatic rings. The summed E-state index contributed by atoms with van der Waals surface area (Å²) in [4.78, 5) is 41.0. The Balaban J connectivity index is 1.11. The summed E-state index contributed by atoms with van der Waals surface area (Å²) in [7, 11) is 1.41. The first kappa shape index (κ1) is 42.3. The van der Waals surface area contributed by atoms with Gasteiger partial charge in [0.15, 0.2) is 17.6 Å². The van der Waals surface area contributed by atoms with Crippen LogP contribution in [0, 0.1) is 6.92 Å². The van der Waals surface area contributed by atoms with Gasteiger partial charge in [-0.3, -0.25) is 4.79 Å². The van der Waals surface area contributed by atoms with E-state index in [2.05, 4.69) is 0 Å². The van der Waals surface area contributed by atoms with Gasteiger partial charge in [0.1, 0.15) is 72.2 Å². The summed E-state index contributed by atoms with van der Waals surface area (Å²) >= 11 is 0. The molecule has 0 spiro atoms. The van der Waals surface area contributed by atoms with Crippen LogP contribution in [0.25, 0.3) is 43.5 Å². The summed E-state index contributed by atoms with van der Waals surface area (Å²) in [5, 5.41) is 23.0. The van der Waals surface area contributed by atoms with Crippen molar-refractivity contribution in [2.75, 3.05) is 33.5 Å². The zero-order valence-electron chi connectivity index (χ0n) is 34.8. The number of ether oxygens (including phenoxy) is 9. The van der Waals surface area contributed by atoms with Crippen molar-refractivity contribution < 1.29 is 66.5 Å². The molecule has 62 heavy (non-hydrogen) atoms. The molecule has 0 amide bonds. The first-order chi connectivity index (χ1) is 30.0. The van der Waals surface area contributed by atoms with Gasteiger partial charge in [0, 0.05) is 35.4 Å². The number of benzene rings is 4. The molecule has 0 radical (unpaired) electrons. The van der Waals surface area contributed by atoms with E-state index >= 15 is 0 Å². The molecule has 3 aliphatic heterocycles. The summed E-state index contributed by atoms with van der Waals surface area (Å²) in [6, 6.07) is 17.7. The quantitative estimate of drug-likeness (QED) is 0.0399. The van der Waals surface area contributed by atoms with E-state index in [-0.39, 0.29) is 75.8 Å². The molecule has 4 aromatic carbocycles. The molecule has 6 aromatic rings. The van der Waals surface area contributed by atoms with Crippen LogP contribution in [0.2, 0.25) is 0 Å². The monoisotopic (exact) mass is 856 g/mol. The van der Waals surface area contributed by atoms with E-state index in [9.17, 15) is 24.6 Å². The largest absolute Gasteiger partial charge is 0.490 e. The van der Waals surface area contributed by atoms with E-state index in [4.69, 9.17) is 51.5 Å². The van der Waals surface area contributed by atoms with Crippen molar-refractivity contribution in [2.45, 2.75) is 101 Å². The fourth-order valence-corrected chi connectivity index (χ4v) is 9.02. The molecule has 0 saturated carbocycles. The second-order valence-corrected chi connectivity index (χ2v) is 15.9. The number of hydrogen-bond acceptors (Lipinski definition) is 16. The van der Waals surface area contributed by atoms with Gasteiger partial charge < -0.3 is 61.7 Å². The first-order valence-corrected chi connectivity index (χ1v) is 20.8. The second kappa shape index (κ2) is 17.3. The summed E-state index contributed by atoms with van der Waals surface area (Å²) in [6.07, 6.45) is -8.95. The highest BCUT2D eigenvalue weighted by atomic mass is 16.8. The summed E-state index contributed by atoms with van der Waals surface area (Å²) in [5.74, 6) is -0.518. The average Bonchev–Trinajstić information content (AvgIpc) is 3.72. The molecule has 3 saturated heterocycles. The van der Waals surface area contributed by atoms with Crippen LogP contribution in [0.15, 0.2) is 79.1 Å². The molecule has 0 bridgehead atoms. The highest BCUT2D eigenvalue weighted by molar-refractivity contribution is 6.29. The molecule has 2 aromatic heterocycles. The smallest absolute Gasteiger partial charge is 0.348 e. The molecule has 16 nitrogen and oxygen atoms in total. The van der Waals surface area contributed by atoms with Crippen LogP contribution >= 0.6 is 0 Å². The van der Waals surface area contributed by atoms with Crippen molar-refractivity contribution in [3.8, 4) is 11.5 Å². The Labute approximate surface area is 354 Å². The summed E-state index contributed by atoms with van der Waals surface area (Å²) < 4.78 is 67.5. The maximum atomic E-state index is 13.9. The topological polar surface area (TPSA) is 201 Å². The summed E-state index contributed by atoms with van der Waals surface area (Å²) in [5.41, 5.74) is 0.149. The van der Waals surface area contributed by atoms with Gasteiger partial charge >= 0.3 is 17.2 Å². The molecule has 0 aliphatic carbocycles. The van der Waals surface area contributed by atoms with Gasteiger partial charge in [-0.15, -0.1) is 0 Å². The molecule has 3 unspecified atom stereocenters. The Morgan fingerprint density at radius 3 is 2.27 bits per heavy atom. The molecule has 9 rings (SSSR count). The van der Waals surface area contributed by atoms with E-state index < -0.39 is 84.6 Å². The van der Waals surface area contributed by atoms with E-state index in [0.29, 0.717) is 17.6 Å². The number of rotatable bonds is 13. The van der Waals surface area contributed by atoms with Crippen molar-refractivity contribution in [3.63, 3.8) is 0 Å². The fraction of sp³-hybridized carbons (Fsp3) is 0.457. The van der Waals surface area contributed by atoms with Crippen molar-refractivity contribution in [1.82, 2.24) is 0 Å². The number of hydrogen-bond donors (Lipinski definition) is 2. The molecule has 2 N–H and O–H groups in total. The van der Waals surface area contributed by atoms with Crippen LogP contribution in [-0.4, -0.2) is 111 Å². The molecule has 328 valence electrons. The Morgan fingerprint density at radius 1 is 0.742 bits per heavy atom. The average molecular weight is 857 g/mol.